The van der Waals surface area contributed by atoms with Crippen molar-refractivity contribution in [2.75, 3.05) is 6.54 Å². The Balaban J connectivity index is 2.49. The molecule has 0 amide bonds. The second-order valence-corrected chi connectivity index (χ2v) is 2.76. The molecule has 0 fully saturated rings. The van der Waals surface area contributed by atoms with Crippen molar-refractivity contribution in [1.29, 1.82) is 0 Å². The van der Waals surface area contributed by atoms with Gasteiger partial charge in [-0.3, -0.25) is 9.97 Å². The van der Waals surface area contributed by atoms with E-state index in [0.717, 1.165) is 23.1 Å². The number of hydrogen-bond donors (Lipinski definition) is 1. The van der Waals surface area contributed by atoms with E-state index in [4.69, 9.17) is 5.73 Å². The molecule has 0 aliphatic rings. The van der Waals surface area contributed by atoms with Gasteiger partial charge in [0, 0.05) is 18.8 Å². The van der Waals surface area contributed by atoms with E-state index < -0.39 is 0 Å². The minimum atomic E-state index is 0.598. The van der Waals surface area contributed by atoms with Gasteiger partial charge in [0.15, 0.2) is 0 Å². The summed E-state index contributed by atoms with van der Waals surface area (Å²) >= 11 is 0. The van der Waals surface area contributed by atoms with Crippen LogP contribution in [0.3, 0.4) is 0 Å². The fourth-order valence-corrected chi connectivity index (χ4v) is 1.17. The Hall–Kier alpha value is -1.55. The predicted molar refractivity (Wildman–Crippen MR) is 50.1 cm³/mol. The molecule has 2 aromatic heterocycles. The summed E-state index contributed by atoms with van der Waals surface area (Å²) in [5.74, 6) is 0. The van der Waals surface area contributed by atoms with E-state index in [1.807, 2.05) is 6.07 Å². The lowest BCUT2D eigenvalue weighted by Crippen LogP contribution is -2.04. The molecule has 13 heavy (non-hydrogen) atoms. The monoisotopic (exact) mass is 174 g/mol. The first-order valence-electron chi connectivity index (χ1n) is 4.16. The summed E-state index contributed by atoms with van der Waals surface area (Å²) < 4.78 is 0. The highest BCUT2D eigenvalue weighted by molar-refractivity contribution is 5.72. The molecule has 2 rings (SSSR count). The van der Waals surface area contributed by atoms with E-state index in [9.17, 15) is 0 Å². The van der Waals surface area contributed by atoms with E-state index in [0.29, 0.717) is 6.54 Å². The second-order valence-electron chi connectivity index (χ2n) is 2.76. The summed E-state index contributed by atoms with van der Waals surface area (Å²) in [6.07, 6.45) is 5.94. The van der Waals surface area contributed by atoms with Gasteiger partial charge in [0.2, 0.25) is 0 Å². The molecule has 0 radical (unpaired) electrons. The molecule has 66 valence electrons. The lowest BCUT2D eigenvalue weighted by Gasteiger charge is -1.98. The first kappa shape index (κ1) is 8.07. The van der Waals surface area contributed by atoms with Crippen LogP contribution in [0, 0.1) is 0 Å². The Morgan fingerprint density at radius 2 is 2.15 bits per heavy atom. The van der Waals surface area contributed by atoms with Crippen LogP contribution in [0.25, 0.3) is 11.0 Å². The van der Waals surface area contributed by atoms with Gasteiger partial charge in [-0.15, -0.1) is 0 Å². The molecular formula is C9H10N4. The molecular weight excluding hydrogens is 164 g/mol. The molecule has 0 saturated carbocycles. The van der Waals surface area contributed by atoms with Crippen LogP contribution in [0.4, 0.5) is 0 Å². The van der Waals surface area contributed by atoms with Gasteiger partial charge in [-0.1, -0.05) is 0 Å². The number of hydrogen-bond acceptors (Lipinski definition) is 4. The average molecular weight is 174 g/mol. The van der Waals surface area contributed by atoms with Crippen molar-refractivity contribution in [3.8, 4) is 0 Å². The molecule has 0 saturated heterocycles. The average Bonchev–Trinajstić information content (AvgIpc) is 2.18. The molecule has 2 aromatic rings. The summed E-state index contributed by atoms with van der Waals surface area (Å²) in [6, 6.07) is 1.84. The number of pyridine rings is 1. The zero-order chi connectivity index (χ0) is 9.10. The number of aromatic nitrogens is 3. The molecule has 0 unspecified atom stereocenters. The Morgan fingerprint density at radius 1 is 1.23 bits per heavy atom. The van der Waals surface area contributed by atoms with Gasteiger partial charge in [-0.25, -0.2) is 4.98 Å². The van der Waals surface area contributed by atoms with Crippen LogP contribution in [0.1, 0.15) is 5.69 Å². The maximum Gasteiger partial charge on any atom is 0.107 e. The molecule has 4 heteroatoms. The van der Waals surface area contributed by atoms with E-state index in [1.54, 1.807) is 18.6 Å². The van der Waals surface area contributed by atoms with Crippen molar-refractivity contribution in [3.63, 3.8) is 0 Å². The molecule has 0 atom stereocenters. The van der Waals surface area contributed by atoms with Gasteiger partial charge in [-0.2, -0.15) is 0 Å². The zero-order valence-electron chi connectivity index (χ0n) is 7.14. The Labute approximate surface area is 75.8 Å². The number of nitrogens with two attached hydrogens (primary N) is 1. The fourth-order valence-electron chi connectivity index (χ4n) is 1.17. The van der Waals surface area contributed by atoms with Gasteiger partial charge < -0.3 is 5.73 Å². The SMILES string of the molecule is NCCc1cnc2ccncc2n1. The topological polar surface area (TPSA) is 64.7 Å². The third-order valence-corrected chi connectivity index (χ3v) is 1.79. The minimum Gasteiger partial charge on any atom is -0.330 e. The summed E-state index contributed by atoms with van der Waals surface area (Å²) in [5, 5.41) is 0. The smallest absolute Gasteiger partial charge is 0.107 e. The largest absolute Gasteiger partial charge is 0.330 e. The molecule has 0 spiro atoms. The maximum atomic E-state index is 5.42. The van der Waals surface area contributed by atoms with Gasteiger partial charge in [0.25, 0.3) is 0 Å². The van der Waals surface area contributed by atoms with Crippen LogP contribution < -0.4 is 5.73 Å². The standard InChI is InChI=1S/C9H10N4/c10-3-1-7-5-12-8-2-4-11-6-9(8)13-7/h2,4-6H,1,3,10H2. The molecule has 2 heterocycles. The van der Waals surface area contributed by atoms with E-state index in [1.165, 1.54) is 0 Å². The third-order valence-electron chi connectivity index (χ3n) is 1.79. The quantitative estimate of drug-likeness (QED) is 0.721. The van der Waals surface area contributed by atoms with Crippen molar-refractivity contribution in [1.82, 2.24) is 15.0 Å². The van der Waals surface area contributed by atoms with Gasteiger partial charge in [0.05, 0.1) is 17.4 Å². The fraction of sp³-hybridized carbons (Fsp3) is 0.222. The Kier molecular flexibility index (Phi) is 2.14. The summed E-state index contributed by atoms with van der Waals surface area (Å²) in [5.41, 5.74) is 8.04. The highest BCUT2D eigenvalue weighted by Crippen LogP contribution is 2.06. The molecule has 2 N–H and O–H groups in total. The van der Waals surface area contributed by atoms with Crippen LogP contribution in [0.5, 0.6) is 0 Å². The van der Waals surface area contributed by atoms with Crippen molar-refractivity contribution < 1.29 is 0 Å². The van der Waals surface area contributed by atoms with Gasteiger partial charge in [-0.05, 0) is 12.6 Å². The van der Waals surface area contributed by atoms with Crippen molar-refractivity contribution in [3.05, 3.63) is 30.4 Å². The van der Waals surface area contributed by atoms with E-state index in [2.05, 4.69) is 15.0 Å². The van der Waals surface area contributed by atoms with Gasteiger partial charge in [0.1, 0.15) is 5.52 Å². The summed E-state index contributed by atoms with van der Waals surface area (Å²) in [7, 11) is 0. The molecule has 4 nitrogen and oxygen atoms in total. The molecule has 0 aliphatic heterocycles. The molecule has 0 bridgehead atoms. The number of nitrogens with zero attached hydrogens (tertiary/aromatic N) is 3. The highest BCUT2D eigenvalue weighted by atomic mass is 14.8. The van der Waals surface area contributed by atoms with E-state index in [-0.39, 0.29) is 0 Å². The minimum absolute atomic E-state index is 0.598. The first-order valence-corrected chi connectivity index (χ1v) is 4.16. The number of fused-ring (bicyclic) bond motifs is 1. The van der Waals surface area contributed by atoms with Crippen LogP contribution in [-0.2, 0) is 6.42 Å². The van der Waals surface area contributed by atoms with Crippen LogP contribution in [-0.4, -0.2) is 21.5 Å². The third kappa shape index (κ3) is 1.62. The normalized spacial score (nSPS) is 10.5. The van der Waals surface area contributed by atoms with Crippen molar-refractivity contribution >= 4 is 11.0 Å². The van der Waals surface area contributed by atoms with Crippen molar-refractivity contribution in [2.24, 2.45) is 5.73 Å². The zero-order valence-corrected chi connectivity index (χ0v) is 7.14. The van der Waals surface area contributed by atoms with E-state index >= 15 is 0 Å². The maximum absolute atomic E-state index is 5.42. The lowest BCUT2D eigenvalue weighted by atomic mass is 10.3. The van der Waals surface area contributed by atoms with Crippen molar-refractivity contribution in [2.45, 2.75) is 6.42 Å². The number of rotatable bonds is 2. The predicted octanol–water partition coefficient (Wildman–Crippen LogP) is 0.526. The van der Waals surface area contributed by atoms with Gasteiger partial charge >= 0.3 is 0 Å². The molecule has 0 aliphatic carbocycles. The first-order chi connectivity index (χ1) is 6.40. The highest BCUT2D eigenvalue weighted by Gasteiger charge is 1.97. The van der Waals surface area contributed by atoms with Crippen LogP contribution in [0.2, 0.25) is 0 Å². The van der Waals surface area contributed by atoms with Crippen LogP contribution >= 0.6 is 0 Å². The molecule has 0 aromatic carbocycles. The summed E-state index contributed by atoms with van der Waals surface area (Å²) in [4.78, 5) is 12.6. The summed E-state index contributed by atoms with van der Waals surface area (Å²) in [6.45, 7) is 0.598. The second kappa shape index (κ2) is 3.45. The Morgan fingerprint density at radius 3 is 3.00 bits per heavy atom. The Bertz CT molecular complexity index is 413. The lowest BCUT2D eigenvalue weighted by molar-refractivity contribution is 0.921. The van der Waals surface area contributed by atoms with Crippen LogP contribution in [0.15, 0.2) is 24.7 Å².